The van der Waals surface area contributed by atoms with Crippen molar-refractivity contribution < 1.29 is 4.79 Å². The molecule has 0 saturated heterocycles. The van der Waals surface area contributed by atoms with Gasteiger partial charge in [0.1, 0.15) is 0 Å². The lowest BCUT2D eigenvalue weighted by atomic mass is 9.95. The van der Waals surface area contributed by atoms with E-state index in [4.69, 9.17) is 0 Å². The molecule has 0 aliphatic heterocycles. The first kappa shape index (κ1) is 14.4. The molecular formula is C15H24OS. The number of ketones is 1. The predicted octanol–water partition coefficient (Wildman–Crippen LogP) is 5.20. The van der Waals surface area contributed by atoms with Gasteiger partial charge < -0.3 is 0 Å². The van der Waals surface area contributed by atoms with Crippen molar-refractivity contribution in [2.45, 2.75) is 65.2 Å². The van der Waals surface area contributed by atoms with Crippen molar-refractivity contribution in [1.29, 1.82) is 0 Å². The molecule has 0 aliphatic rings. The van der Waals surface area contributed by atoms with Gasteiger partial charge in [-0.15, -0.1) is 11.3 Å². The fourth-order valence-corrected chi connectivity index (χ4v) is 2.76. The van der Waals surface area contributed by atoms with Gasteiger partial charge >= 0.3 is 0 Å². The zero-order valence-corrected chi connectivity index (χ0v) is 12.3. The summed E-state index contributed by atoms with van der Waals surface area (Å²) >= 11 is 1.66. The molecular weight excluding hydrogens is 228 g/mol. The summed E-state index contributed by atoms with van der Waals surface area (Å²) in [5.74, 6) is 0.321. The van der Waals surface area contributed by atoms with Gasteiger partial charge in [0.05, 0.1) is 4.88 Å². The molecule has 0 amide bonds. The Labute approximate surface area is 109 Å². The summed E-state index contributed by atoms with van der Waals surface area (Å²) in [6, 6.07) is 4.09. The van der Waals surface area contributed by atoms with E-state index in [1.165, 1.54) is 24.1 Å². The summed E-state index contributed by atoms with van der Waals surface area (Å²) in [6.07, 6.45) is 5.39. The first-order valence-corrected chi connectivity index (χ1v) is 7.40. The summed E-state index contributed by atoms with van der Waals surface area (Å²) in [6.45, 7) is 8.76. The van der Waals surface area contributed by atoms with E-state index in [0.29, 0.717) is 12.2 Å². The van der Waals surface area contributed by atoms with Crippen LogP contribution in [-0.2, 0) is 5.41 Å². The first-order valence-electron chi connectivity index (χ1n) is 6.58. The summed E-state index contributed by atoms with van der Waals surface area (Å²) in [4.78, 5) is 14.2. The molecule has 0 atom stereocenters. The van der Waals surface area contributed by atoms with Gasteiger partial charge in [-0.25, -0.2) is 0 Å². The van der Waals surface area contributed by atoms with E-state index in [1.54, 1.807) is 11.3 Å². The quantitative estimate of drug-likeness (QED) is 0.502. The Hall–Kier alpha value is -0.630. The maximum absolute atomic E-state index is 12.0. The molecule has 0 radical (unpaired) electrons. The average molecular weight is 252 g/mol. The molecule has 0 aliphatic carbocycles. The smallest absolute Gasteiger partial charge is 0.172 e. The highest BCUT2D eigenvalue weighted by molar-refractivity contribution is 7.14. The Morgan fingerprint density at radius 2 is 1.88 bits per heavy atom. The van der Waals surface area contributed by atoms with E-state index in [2.05, 4.69) is 33.8 Å². The van der Waals surface area contributed by atoms with Crippen molar-refractivity contribution in [1.82, 2.24) is 0 Å². The van der Waals surface area contributed by atoms with E-state index >= 15 is 0 Å². The molecule has 2 heteroatoms. The predicted molar refractivity (Wildman–Crippen MR) is 76.1 cm³/mol. The van der Waals surface area contributed by atoms with Crippen LogP contribution in [0.3, 0.4) is 0 Å². The third kappa shape index (κ3) is 4.63. The molecule has 0 aromatic carbocycles. The van der Waals surface area contributed by atoms with E-state index in [0.717, 1.165) is 11.3 Å². The molecule has 17 heavy (non-hydrogen) atoms. The van der Waals surface area contributed by atoms with Crippen LogP contribution in [0.4, 0.5) is 0 Å². The number of carbonyl (C=O) groups excluding carboxylic acids is 1. The largest absolute Gasteiger partial charge is 0.293 e. The van der Waals surface area contributed by atoms with Crippen molar-refractivity contribution in [3.8, 4) is 0 Å². The number of hydrogen-bond donors (Lipinski definition) is 0. The van der Waals surface area contributed by atoms with Gasteiger partial charge in [0.2, 0.25) is 0 Å². The first-order chi connectivity index (χ1) is 7.95. The molecule has 1 rings (SSSR count). The topological polar surface area (TPSA) is 17.1 Å². The van der Waals surface area contributed by atoms with Crippen LogP contribution < -0.4 is 0 Å². The molecule has 0 saturated carbocycles. The van der Waals surface area contributed by atoms with Crippen LogP contribution in [0.2, 0.25) is 0 Å². The zero-order valence-electron chi connectivity index (χ0n) is 11.5. The number of hydrogen-bond acceptors (Lipinski definition) is 2. The fraction of sp³-hybridized carbons (Fsp3) is 0.667. The molecule has 96 valence electrons. The highest BCUT2D eigenvalue weighted by atomic mass is 32.1. The molecule has 1 aromatic heterocycles. The van der Waals surface area contributed by atoms with Crippen molar-refractivity contribution in [2.75, 3.05) is 0 Å². The summed E-state index contributed by atoms with van der Waals surface area (Å²) < 4.78 is 0. The van der Waals surface area contributed by atoms with E-state index in [1.807, 2.05) is 6.07 Å². The molecule has 1 heterocycles. The number of rotatable bonds is 6. The normalized spacial score (nSPS) is 11.8. The van der Waals surface area contributed by atoms with Crippen LogP contribution in [0.1, 0.15) is 74.3 Å². The minimum Gasteiger partial charge on any atom is -0.293 e. The Balaban J connectivity index is 2.50. The van der Waals surface area contributed by atoms with Crippen LogP contribution in [-0.4, -0.2) is 5.78 Å². The van der Waals surface area contributed by atoms with Crippen LogP contribution >= 0.6 is 11.3 Å². The van der Waals surface area contributed by atoms with Crippen LogP contribution in [0, 0.1) is 0 Å². The minimum atomic E-state index is 0.158. The summed E-state index contributed by atoms with van der Waals surface area (Å²) in [5.41, 5.74) is 0.158. The lowest BCUT2D eigenvalue weighted by Gasteiger charge is -2.15. The maximum Gasteiger partial charge on any atom is 0.172 e. The van der Waals surface area contributed by atoms with Gasteiger partial charge in [0, 0.05) is 11.3 Å². The van der Waals surface area contributed by atoms with Crippen molar-refractivity contribution in [3.05, 3.63) is 21.9 Å². The molecule has 0 spiro atoms. The Morgan fingerprint density at radius 1 is 1.18 bits per heavy atom. The van der Waals surface area contributed by atoms with Gasteiger partial charge in [-0.3, -0.25) is 4.79 Å². The highest BCUT2D eigenvalue weighted by Crippen LogP contribution is 2.30. The average Bonchev–Trinajstić information content (AvgIpc) is 2.72. The minimum absolute atomic E-state index is 0.158. The Kier molecular flexibility index (Phi) is 5.38. The van der Waals surface area contributed by atoms with Gasteiger partial charge in [-0.1, -0.05) is 47.0 Å². The van der Waals surface area contributed by atoms with Crippen LogP contribution in [0.25, 0.3) is 0 Å². The molecule has 1 nitrogen and oxygen atoms in total. The molecule has 0 fully saturated rings. The number of unbranched alkanes of at least 4 members (excludes halogenated alkanes) is 3. The maximum atomic E-state index is 12.0. The summed E-state index contributed by atoms with van der Waals surface area (Å²) in [7, 11) is 0. The Bertz CT molecular complexity index is 357. The van der Waals surface area contributed by atoms with E-state index < -0.39 is 0 Å². The number of Topliss-reactive ketones (excluding diaryl/α,β-unsaturated/α-hetero) is 1. The van der Waals surface area contributed by atoms with Gasteiger partial charge in [-0.05, 0) is 24.0 Å². The fourth-order valence-electron chi connectivity index (χ4n) is 1.73. The highest BCUT2D eigenvalue weighted by Gasteiger charge is 2.18. The zero-order chi connectivity index (χ0) is 12.9. The lowest BCUT2D eigenvalue weighted by molar-refractivity contribution is 0.0983. The standard InChI is InChI=1S/C15H24OS/c1-5-6-7-8-9-12(16)13-10-11-14(17-13)15(2,3)4/h10-11H,5-9H2,1-4H3. The second-order valence-corrected chi connectivity index (χ2v) is 6.73. The van der Waals surface area contributed by atoms with Crippen molar-refractivity contribution >= 4 is 17.1 Å². The van der Waals surface area contributed by atoms with Crippen molar-refractivity contribution in [2.24, 2.45) is 0 Å². The lowest BCUT2D eigenvalue weighted by Crippen LogP contribution is -2.07. The molecule has 0 unspecified atom stereocenters. The Morgan fingerprint density at radius 3 is 2.41 bits per heavy atom. The second kappa shape index (κ2) is 6.34. The van der Waals surface area contributed by atoms with E-state index in [9.17, 15) is 4.79 Å². The monoisotopic (exact) mass is 252 g/mol. The van der Waals surface area contributed by atoms with Gasteiger partial charge in [0.15, 0.2) is 5.78 Å². The molecule has 0 bridgehead atoms. The van der Waals surface area contributed by atoms with Crippen LogP contribution in [0.5, 0.6) is 0 Å². The van der Waals surface area contributed by atoms with E-state index in [-0.39, 0.29) is 5.41 Å². The second-order valence-electron chi connectivity index (χ2n) is 5.65. The van der Waals surface area contributed by atoms with Crippen LogP contribution in [0.15, 0.2) is 12.1 Å². The molecule has 0 N–H and O–H groups in total. The number of carbonyl (C=O) groups is 1. The number of thiophene rings is 1. The van der Waals surface area contributed by atoms with Gasteiger partial charge in [0.25, 0.3) is 0 Å². The van der Waals surface area contributed by atoms with Crippen molar-refractivity contribution in [3.63, 3.8) is 0 Å². The van der Waals surface area contributed by atoms with Gasteiger partial charge in [-0.2, -0.15) is 0 Å². The third-order valence-corrected chi connectivity index (χ3v) is 4.43. The molecule has 1 aromatic rings. The summed E-state index contributed by atoms with van der Waals surface area (Å²) in [5, 5.41) is 0. The third-order valence-electron chi connectivity index (χ3n) is 2.88. The SMILES string of the molecule is CCCCCCC(=O)c1ccc(C(C)(C)C)s1.